The Balaban J connectivity index is 2.13. The minimum atomic E-state index is -0.222. The van der Waals surface area contributed by atoms with Crippen LogP contribution in [0.3, 0.4) is 0 Å². The molecule has 0 aromatic heterocycles. The Labute approximate surface area is 117 Å². The van der Waals surface area contributed by atoms with E-state index in [-0.39, 0.29) is 5.97 Å². The maximum atomic E-state index is 11.2. The summed E-state index contributed by atoms with van der Waals surface area (Å²) in [6, 6.07) is 0. The molecule has 0 amide bonds. The summed E-state index contributed by atoms with van der Waals surface area (Å²) >= 11 is 0. The molecule has 3 nitrogen and oxygen atoms in total. The number of ether oxygens (including phenoxy) is 2. The molecule has 0 aromatic rings. The Kier molecular flexibility index (Phi) is 8.55. The van der Waals surface area contributed by atoms with Crippen LogP contribution in [0, 0.1) is 5.92 Å². The van der Waals surface area contributed by atoms with E-state index in [1.807, 2.05) is 13.0 Å². The minimum Gasteiger partial charge on any atom is -0.463 e. The first kappa shape index (κ1) is 16.2. The van der Waals surface area contributed by atoms with Crippen LogP contribution in [0.2, 0.25) is 0 Å². The van der Waals surface area contributed by atoms with Gasteiger partial charge in [0.15, 0.2) is 0 Å². The predicted molar refractivity (Wildman–Crippen MR) is 77.0 cm³/mol. The molecule has 0 radical (unpaired) electrons. The number of carbonyl (C=O) groups is 1. The van der Waals surface area contributed by atoms with Gasteiger partial charge in [-0.25, -0.2) is 4.79 Å². The molecule has 110 valence electrons. The van der Waals surface area contributed by atoms with Gasteiger partial charge in [0.25, 0.3) is 0 Å². The molecule has 0 aromatic carbocycles. The number of hydrogen-bond donors (Lipinski definition) is 0. The fourth-order valence-corrected chi connectivity index (χ4v) is 2.45. The van der Waals surface area contributed by atoms with Gasteiger partial charge >= 0.3 is 5.97 Å². The molecule has 1 rings (SSSR count). The van der Waals surface area contributed by atoms with Gasteiger partial charge in [-0.1, -0.05) is 25.8 Å². The maximum absolute atomic E-state index is 11.2. The molecular formula is C16H28O3. The van der Waals surface area contributed by atoms with Crippen molar-refractivity contribution in [3.63, 3.8) is 0 Å². The first-order chi connectivity index (χ1) is 9.26. The molecule has 0 unspecified atom stereocenters. The Hall–Kier alpha value is -0.830. The largest absolute Gasteiger partial charge is 0.463 e. The van der Waals surface area contributed by atoms with Crippen molar-refractivity contribution in [1.82, 2.24) is 0 Å². The number of carbonyl (C=O) groups excluding carboxylic acids is 1. The quantitative estimate of drug-likeness (QED) is 0.381. The van der Waals surface area contributed by atoms with Crippen molar-refractivity contribution in [3.8, 4) is 0 Å². The second kappa shape index (κ2) is 10.0. The highest BCUT2D eigenvalue weighted by Crippen LogP contribution is 2.27. The monoisotopic (exact) mass is 268 g/mol. The summed E-state index contributed by atoms with van der Waals surface area (Å²) in [5.74, 6) is 0.292. The molecule has 0 N–H and O–H groups in total. The molecule has 1 fully saturated rings. The molecule has 1 aliphatic carbocycles. The van der Waals surface area contributed by atoms with Crippen molar-refractivity contribution in [2.24, 2.45) is 5.92 Å². The van der Waals surface area contributed by atoms with Gasteiger partial charge in [0.05, 0.1) is 12.7 Å². The fourth-order valence-electron chi connectivity index (χ4n) is 2.45. The van der Waals surface area contributed by atoms with Crippen molar-refractivity contribution in [3.05, 3.63) is 12.2 Å². The SMILES string of the molecule is CCCCCOC1CCC(/C=C/C(=O)OCC)CC1. The molecule has 0 bridgehead atoms. The second-order valence-electron chi connectivity index (χ2n) is 5.23. The first-order valence-electron chi connectivity index (χ1n) is 7.72. The van der Waals surface area contributed by atoms with Crippen LogP contribution in [-0.2, 0) is 14.3 Å². The van der Waals surface area contributed by atoms with Crippen LogP contribution in [0.15, 0.2) is 12.2 Å². The highest BCUT2D eigenvalue weighted by atomic mass is 16.5. The topological polar surface area (TPSA) is 35.5 Å². The Bertz CT molecular complexity index is 265. The third-order valence-corrected chi connectivity index (χ3v) is 3.61. The molecule has 19 heavy (non-hydrogen) atoms. The first-order valence-corrected chi connectivity index (χ1v) is 7.72. The van der Waals surface area contributed by atoms with Gasteiger partial charge in [0.1, 0.15) is 0 Å². The van der Waals surface area contributed by atoms with E-state index < -0.39 is 0 Å². The second-order valence-corrected chi connectivity index (χ2v) is 5.23. The van der Waals surface area contributed by atoms with Crippen molar-refractivity contribution in [2.75, 3.05) is 13.2 Å². The lowest BCUT2D eigenvalue weighted by Crippen LogP contribution is -2.21. The number of unbranched alkanes of at least 4 members (excludes halogenated alkanes) is 2. The molecule has 0 atom stereocenters. The van der Waals surface area contributed by atoms with Gasteiger partial charge in [-0.05, 0) is 44.9 Å². The van der Waals surface area contributed by atoms with E-state index in [0.717, 1.165) is 32.3 Å². The summed E-state index contributed by atoms with van der Waals surface area (Å²) in [5, 5.41) is 0. The Morgan fingerprint density at radius 1 is 1.16 bits per heavy atom. The van der Waals surface area contributed by atoms with Gasteiger partial charge in [0.2, 0.25) is 0 Å². The van der Waals surface area contributed by atoms with E-state index in [0.29, 0.717) is 18.6 Å². The standard InChI is InChI=1S/C16H28O3/c1-3-5-6-13-19-15-10-7-14(8-11-15)9-12-16(17)18-4-2/h9,12,14-15H,3-8,10-11,13H2,1-2H3/b12-9+. The van der Waals surface area contributed by atoms with Crippen LogP contribution >= 0.6 is 0 Å². The third kappa shape index (κ3) is 7.36. The zero-order valence-corrected chi connectivity index (χ0v) is 12.4. The summed E-state index contributed by atoms with van der Waals surface area (Å²) in [6.45, 7) is 5.39. The van der Waals surface area contributed by atoms with Gasteiger partial charge in [-0.2, -0.15) is 0 Å². The van der Waals surface area contributed by atoms with Crippen LogP contribution in [-0.4, -0.2) is 25.3 Å². The molecule has 1 aliphatic rings. The van der Waals surface area contributed by atoms with Crippen LogP contribution < -0.4 is 0 Å². The van der Waals surface area contributed by atoms with E-state index in [1.165, 1.54) is 19.3 Å². The van der Waals surface area contributed by atoms with Crippen LogP contribution in [0.4, 0.5) is 0 Å². The van der Waals surface area contributed by atoms with Crippen LogP contribution in [0.25, 0.3) is 0 Å². The molecular weight excluding hydrogens is 240 g/mol. The van der Waals surface area contributed by atoms with E-state index in [4.69, 9.17) is 9.47 Å². The lowest BCUT2D eigenvalue weighted by atomic mass is 9.87. The predicted octanol–water partition coefficient (Wildman–Crippen LogP) is 3.87. The van der Waals surface area contributed by atoms with Crippen molar-refractivity contribution >= 4 is 5.97 Å². The van der Waals surface area contributed by atoms with Crippen molar-refractivity contribution in [2.45, 2.75) is 64.9 Å². The Morgan fingerprint density at radius 3 is 2.53 bits per heavy atom. The van der Waals surface area contributed by atoms with E-state index in [2.05, 4.69) is 6.92 Å². The normalized spacial score (nSPS) is 23.7. The molecule has 0 saturated heterocycles. The van der Waals surface area contributed by atoms with Gasteiger partial charge in [-0.15, -0.1) is 0 Å². The number of esters is 1. The lowest BCUT2D eigenvalue weighted by Gasteiger charge is -2.26. The zero-order chi connectivity index (χ0) is 13.9. The summed E-state index contributed by atoms with van der Waals surface area (Å²) in [7, 11) is 0. The molecule has 0 heterocycles. The molecule has 0 aliphatic heterocycles. The molecule has 3 heteroatoms. The van der Waals surface area contributed by atoms with Crippen molar-refractivity contribution in [1.29, 1.82) is 0 Å². The fraction of sp³-hybridized carbons (Fsp3) is 0.812. The summed E-state index contributed by atoms with van der Waals surface area (Å²) in [4.78, 5) is 11.2. The van der Waals surface area contributed by atoms with Crippen LogP contribution in [0.5, 0.6) is 0 Å². The van der Waals surface area contributed by atoms with E-state index in [9.17, 15) is 4.79 Å². The lowest BCUT2D eigenvalue weighted by molar-refractivity contribution is -0.137. The smallest absolute Gasteiger partial charge is 0.330 e. The van der Waals surface area contributed by atoms with Crippen molar-refractivity contribution < 1.29 is 14.3 Å². The summed E-state index contributed by atoms with van der Waals surface area (Å²) in [5.41, 5.74) is 0. The van der Waals surface area contributed by atoms with Gasteiger partial charge in [0, 0.05) is 12.7 Å². The molecule has 1 saturated carbocycles. The third-order valence-electron chi connectivity index (χ3n) is 3.61. The number of hydrogen-bond acceptors (Lipinski definition) is 3. The average Bonchev–Trinajstić information content (AvgIpc) is 2.43. The maximum Gasteiger partial charge on any atom is 0.330 e. The zero-order valence-electron chi connectivity index (χ0n) is 12.4. The average molecular weight is 268 g/mol. The van der Waals surface area contributed by atoms with Gasteiger partial charge in [-0.3, -0.25) is 0 Å². The Morgan fingerprint density at radius 2 is 1.89 bits per heavy atom. The number of rotatable bonds is 8. The minimum absolute atomic E-state index is 0.222. The number of allylic oxidation sites excluding steroid dienone is 1. The van der Waals surface area contributed by atoms with E-state index in [1.54, 1.807) is 6.08 Å². The molecule has 0 spiro atoms. The highest BCUT2D eigenvalue weighted by molar-refractivity contribution is 5.81. The summed E-state index contributed by atoms with van der Waals surface area (Å²) < 4.78 is 10.8. The highest BCUT2D eigenvalue weighted by Gasteiger charge is 2.19. The van der Waals surface area contributed by atoms with Crippen LogP contribution in [0.1, 0.15) is 58.8 Å². The van der Waals surface area contributed by atoms with E-state index >= 15 is 0 Å². The summed E-state index contributed by atoms with van der Waals surface area (Å²) in [6.07, 6.45) is 12.2. The van der Waals surface area contributed by atoms with Gasteiger partial charge < -0.3 is 9.47 Å².